The molecule has 6 aromatic rings. The van der Waals surface area contributed by atoms with Crippen molar-refractivity contribution in [2.75, 3.05) is 27.9 Å². The summed E-state index contributed by atoms with van der Waals surface area (Å²) in [6.07, 6.45) is 14.7. The van der Waals surface area contributed by atoms with Crippen LogP contribution in [0.25, 0.3) is 0 Å². The van der Waals surface area contributed by atoms with Gasteiger partial charge in [-0.15, -0.1) is 0 Å². The molecule has 0 unspecified atom stereocenters. The Hall–Kier alpha value is -7.00. The van der Waals surface area contributed by atoms with Crippen molar-refractivity contribution in [1.82, 2.24) is 0 Å². The minimum atomic E-state index is -0.332. The fourth-order valence-corrected chi connectivity index (χ4v) is 5.81. The maximum absolute atomic E-state index is 11.5. The number of carbonyl (C=O) groups is 1. The SMILES string of the molecule is CCCCCCCCc1ccc(N=Cc2ccc(OC)cc2)cc1.CCOC(=O)c1ccc(N=Cc2ccc(O)cc2)cc1.COc1ccc(C=Nc2ccc(OC)cc2)cc1. The van der Waals surface area contributed by atoms with Gasteiger partial charge in [0.2, 0.25) is 0 Å². The highest BCUT2D eigenvalue weighted by Gasteiger charge is 2.05. The lowest BCUT2D eigenvalue weighted by atomic mass is 10.0. The number of hydrogen-bond donors (Lipinski definition) is 1. The van der Waals surface area contributed by atoms with E-state index in [9.17, 15) is 9.90 Å². The summed E-state index contributed by atoms with van der Waals surface area (Å²) in [5.74, 6) is 2.43. The van der Waals surface area contributed by atoms with Crippen molar-refractivity contribution in [3.05, 3.63) is 173 Å². The first-order valence-electron chi connectivity index (χ1n) is 21.0. The molecule has 0 heterocycles. The highest BCUT2D eigenvalue weighted by atomic mass is 16.5. The smallest absolute Gasteiger partial charge is 0.338 e. The first-order chi connectivity index (χ1) is 30.3. The molecule has 9 nitrogen and oxygen atoms in total. The van der Waals surface area contributed by atoms with Crippen molar-refractivity contribution in [2.45, 2.75) is 58.8 Å². The third-order valence-corrected chi connectivity index (χ3v) is 9.42. The lowest BCUT2D eigenvalue weighted by molar-refractivity contribution is 0.0526. The molecule has 0 saturated carbocycles. The highest BCUT2D eigenvalue weighted by Crippen LogP contribution is 2.20. The fourth-order valence-electron chi connectivity index (χ4n) is 5.81. The summed E-state index contributed by atoms with van der Waals surface area (Å²) in [5, 5.41) is 9.18. The lowest BCUT2D eigenvalue weighted by Crippen LogP contribution is -2.03. The van der Waals surface area contributed by atoms with Gasteiger partial charge in [-0.3, -0.25) is 15.0 Å². The minimum absolute atomic E-state index is 0.223. The van der Waals surface area contributed by atoms with E-state index in [1.54, 1.807) is 83.0 Å². The van der Waals surface area contributed by atoms with E-state index in [0.29, 0.717) is 12.2 Å². The Balaban J connectivity index is 0.000000207. The van der Waals surface area contributed by atoms with Gasteiger partial charge in [-0.25, -0.2) is 4.79 Å². The molecule has 0 saturated heterocycles. The number of nitrogens with zero attached hydrogens (tertiary/aromatic N) is 3. The third kappa shape index (κ3) is 18.1. The number of phenolic OH excluding ortho intramolecular Hbond substituents is 1. The van der Waals surface area contributed by atoms with Crippen LogP contribution in [0, 0.1) is 0 Å². The fraction of sp³-hybridized carbons (Fsp3) is 0.245. The molecule has 0 aliphatic rings. The van der Waals surface area contributed by atoms with Crippen LogP contribution in [0.3, 0.4) is 0 Å². The van der Waals surface area contributed by atoms with E-state index in [-0.39, 0.29) is 11.7 Å². The van der Waals surface area contributed by atoms with E-state index < -0.39 is 0 Å². The summed E-state index contributed by atoms with van der Waals surface area (Å²) in [5.41, 5.74) is 7.55. The van der Waals surface area contributed by atoms with E-state index in [0.717, 1.165) is 51.0 Å². The number of aromatic hydroxyl groups is 1. The maximum atomic E-state index is 11.5. The van der Waals surface area contributed by atoms with Gasteiger partial charge in [0.25, 0.3) is 0 Å². The quantitative estimate of drug-likeness (QED) is 0.0524. The van der Waals surface area contributed by atoms with Gasteiger partial charge in [0.1, 0.15) is 23.0 Å². The second-order valence-corrected chi connectivity index (χ2v) is 14.1. The molecular weight excluding hydrogens is 775 g/mol. The van der Waals surface area contributed by atoms with Crippen LogP contribution in [0.4, 0.5) is 17.1 Å². The summed E-state index contributed by atoms with van der Waals surface area (Å²) in [7, 11) is 4.98. The average Bonchev–Trinajstić information content (AvgIpc) is 3.32. The largest absolute Gasteiger partial charge is 0.508 e. The van der Waals surface area contributed by atoms with E-state index in [4.69, 9.17) is 18.9 Å². The van der Waals surface area contributed by atoms with Crippen molar-refractivity contribution in [2.24, 2.45) is 15.0 Å². The predicted octanol–water partition coefficient (Wildman–Crippen LogP) is 13.1. The molecule has 0 aromatic heterocycles. The Morgan fingerprint density at radius 3 is 1.27 bits per heavy atom. The number of methoxy groups -OCH3 is 3. The number of rotatable bonds is 18. The molecule has 0 fully saturated rings. The molecule has 322 valence electrons. The Morgan fingerprint density at radius 1 is 0.484 bits per heavy atom. The molecule has 0 aliphatic carbocycles. The number of aliphatic imine (C=N–C) groups is 3. The van der Waals surface area contributed by atoms with Crippen LogP contribution < -0.4 is 14.2 Å². The standard InChI is InChI=1S/C22H29NO.C16H15NO3.C15H15NO2/c1-3-4-5-6-7-8-9-19-10-14-21(15-11-19)23-18-20-12-16-22(24-2)17-13-20;1-2-20-16(19)13-5-7-14(8-6-13)17-11-12-3-9-15(18)10-4-12;1-17-14-7-3-12(4-8-14)11-16-13-5-9-15(18-2)10-6-13/h10-18H,3-9H2,1-2H3;3-11,18H,2H2,1H3;3-11H,1-2H3. The minimum Gasteiger partial charge on any atom is -0.508 e. The molecule has 0 atom stereocenters. The van der Waals surface area contributed by atoms with Gasteiger partial charge < -0.3 is 24.1 Å². The van der Waals surface area contributed by atoms with Crippen molar-refractivity contribution in [1.29, 1.82) is 0 Å². The van der Waals surface area contributed by atoms with Crippen LogP contribution >= 0.6 is 0 Å². The summed E-state index contributed by atoms with van der Waals surface area (Å²) >= 11 is 0. The van der Waals surface area contributed by atoms with Crippen LogP contribution in [-0.4, -0.2) is 57.7 Å². The number of benzene rings is 6. The van der Waals surface area contributed by atoms with E-state index in [1.807, 2.05) is 85.2 Å². The highest BCUT2D eigenvalue weighted by molar-refractivity contribution is 5.90. The van der Waals surface area contributed by atoms with Crippen molar-refractivity contribution < 1.29 is 28.8 Å². The van der Waals surface area contributed by atoms with E-state index in [1.165, 1.54) is 50.5 Å². The monoisotopic (exact) mass is 833 g/mol. The second-order valence-electron chi connectivity index (χ2n) is 14.1. The zero-order valence-corrected chi connectivity index (χ0v) is 36.6. The van der Waals surface area contributed by atoms with Crippen LogP contribution in [0.5, 0.6) is 23.0 Å². The Bertz CT molecular complexity index is 2180. The van der Waals surface area contributed by atoms with Crippen LogP contribution in [0.15, 0.2) is 161 Å². The molecular formula is C53H59N3O6. The summed E-state index contributed by atoms with van der Waals surface area (Å²) in [4.78, 5) is 24.7. The Labute approximate surface area is 367 Å². The maximum Gasteiger partial charge on any atom is 0.338 e. The van der Waals surface area contributed by atoms with Gasteiger partial charge in [-0.05, 0) is 175 Å². The molecule has 62 heavy (non-hydrogen) atoms. The number of unbranched alkanes of at least 4 members (excludes halogenated alkanes) is 5. The normalized spacial score (nSPS) is 10.8. The topological polar surface area (TPSA) is 111 Å². The number of ether oxygens (including phenoxy) is 4. The molecule has 0 amide bonds. The van der Waals surface area contributed by atoms with Gasteiger partial charge in [-0.1, -0.05) is 51.2 Å². The second kappa shape index (κ2) is 27.7. The molecule has 6 rings (SSSR count). The zero-order valence-electron chi connectivity index (χ0n) is 36.6. The molecule has 0 radical (unpaired) electrons. The van der Waals surface area contributed by atoms with Crippen molar-refractivity contribution in [3.63, 3.8) is 0 Å². The summed E-state index contributed by atoms with van der Waals surface area (Å²) in [6.45, 7) is 4.40. The molecule has 6 aromatic carbocycles. The van der Waals surface area contributed by atoms with E-state index in [2.05, 4.69) is 46.2 Å². The van der Waals surface area contributed by atoms with Crippen molar-refractivity contribution >= 4 is 41.7 Å². The summed E-state index contributed by atoms with van der Waals surface area (Å²) < 4.78 is 20.3. The average molecular weight is 834 g/mol. The Kier molecular flexibility index (Phi) is 21.3. The number of hydrogen-bond acceptors (Lipinski definition) is 9. The predicted molar refractivity (Wildman–Crippen MR) is 255 cm³/mol. The third-order valence-electron chi connectivity index (χ3n) is 9.42. The van der Waals surface area contributed by atoms with Gasteiger partial charge in [0.05, 0.1) is 50.6 Å². The molecule has 1 N–H and O–H groups in total. The van der Waals surface area contributed by atoms with Gasteiger partial charge in [0, 0.05) is 18.6 Å². The Morgan fingerprint density at radius 2 is 0.855 bits per heavy atom. The van der Waals surface area contributed by atoms with Gasteiger partial charge in [-0.2, -0.15) is 0 Å². The van der Waals surface area contributed by atoms with E-state index >= 15 is 0 Å². The number of phenols is 1. The lowest BCUT2D eigenvalue weighted by Gasteiger charge is -2.03. The summed E-state index contributed by atoms with van der Waals surface area (Å²) in [6, 6.07) is 45.5. The molecule has 0 spiro atoms. The number of carbonyl (C=O) groups excluding carboxylic acids is 1. The molecule has 0 bridgehead atoms. The molecule has 9 heteroatoms. The van der Waals surface area contributed by atoms with Gasteiger partial charge in [0.15, 0.2) is 0 Å². The number of aryl methyl sites for hydroxylation is 1. The number of esters is 1. The van der Waals surface area contributed by atoms with Crippen LogP contribution in [0.1, 0.15) is 85.0 Å². The molecule has 0 aliphatic heterocycles. The van der Waals surface area contributed by atoms with Crippen LogP contribution in [0.2, 0.25) is 0 Å². The van der Waals surface area contributed by atoms with Gasteiger partial charge >= 0.3 is 5.97 Å². The van der Waals surface area contributed by atoms with Crippen LogP contribution in [-0.2, 0) is 11.2 Å². The van der Waals surface area contributed by atoms with Crippen molar-refractivity contribution in [3.8, 4) is 23.0 Å². The first kappa shape index (κ1) is 47.7. The zero-order chi connectivity index (χ0) is 44.2. The first-order valence-corrected chi connectivity index (χ1v) is 21.0.